The number of carbonyl (C=O) groups is 1. The normalized spacial score (nSPS) is 9.88. The van der Waals surface area contributed by atoms with Gasteiger partial charge in [0.2, 0.25) is 0 Å². The van der Waals surface area contributed by atoms with Gasteiger partial charge >= 0.3 is 0 Å². The van der Waals surface area contributed by atoms with Crippen LogP contribution in [-0.2, 0) is 0 Å². The van der Waals surface area contributed by atoms with Crippen LogP contribution in [0, 0.1) is 11.3 Å². The second kappa shape index (κ2) is 4.62. The molecule has 0 fully saturated rings. The molecule has 0 aliphatic carbocycles. The van der Waals surface area contributed by atoms with Crippen molar-refractivity contribution >= 4 is 16.8 Å². The zero-order valence-electron chi connectivity index (χ0n) is 9.42. The van der Waals surface area contributed by atoms with E-state index in [0.29, 0.717) is 5.56 Å². The molecule has 84 valence electrons. The smallest absolute Gasteiger partial charge is 0.255 e. The second-order valence-electron chi connectivity index (χ2n) is 3.69. The number of benzene rings is 1. The topological polar surface area (TPSA) is 57.0 Å². The molecule has 0 spiro atoms. The lowest BCUT2D eigenvalue weighted by atomic mass is 10.1. The van der Waals surface area contributed by atoms with E-state index < -0.39 is 0 Å². The first-order chi connectivity index (χ1) is 8.24. The Balaban J connectivity index is 2.49. The number of rotatable bonds is 2. The molecule has 1 amide bonds. The highest BCUT2D eigenvalue weighted by Gasteiger charge is 2.14. The minimum Gasteiger partial charge on any atom is -0.328 e. The molecule has 2 rings (SSSR count). The van der Waals surface area contributed by atoms with E-state index in [9.17, 15) is 4.79 Å². The van der Waals surface area contributed by atoms with Gasteiger partial charge in [-0.2, -0.15) is 5.26 Å². The summed E-state index contributed by atoms with van der Waals surface area (Å²) in [7, 11) is 1.61. The SMILES string of the molecule is CN(CC#N)C(=O)c1ccnc2ccccc12. The summed E-state index contributed by atoms with van der Waals surface area (Å²) in [6.07, 6.45) is 1.61. The van der Waals surface area contributed by atoms with Crippen molar-refractivity contribution in [2.75, 3.05) is 13.6 Å². The molecule has 17 heavy (non-hydrogen) atoms. The number of para-hydroxylation sites is 1. The maximum absolute atomic E-state index is 12.1. The zero-order valence-corrected chi connectivity index (χ0v) is 9.42. The number of hydrogen-bond acceptors (Lipinski definition) is 3. The molecular weight excluding hydrogens is 214 g/mol. The molecular formula is C13H11N3O. The van der Waals surface area contributed by atoms with E-state index in [1.54, 1.807) is 19.3 Å². The average molecular weight is 225 g/mol. The molecule has 1 aromatic heterocycles. The molecule has 0 saturated carbocycles. The number of aromatic nitrogens is 1. The lowest BCUT2D eigenvalue weighted by molar-refractivity contribution is 0.0814. The summed E-state index contributed by atoms with van der Waals surface area (Å²) in [6, 6.07) is 11.1. The van der Waals surface area contributed by atoms with Crippen LogP contribution in [0.15, 0.2) is 36.5 Å². The van der Waals surface area contributed by atoms with Gasteiger partial charge in [-0.25, -0.2) is 0 Å². The number of hydrogen-bond donors (Lipinski definition) is 0. The van der Waals surface area contributed by atoms with Crippen LogP contribution in [0.5, 0.6) is 0 Å². The van der Waals surface area contributed by atoms with Gasteiger partial charge < -0.3 is 4.90 Å². The van der Waals surface area contributed by atoms with Crippen LogP contribution in [0.2, 0.25) is 0 Å². The van der Waals surface area contributed by atoms with E-state index in [1.165, 1.54) is 4.90 Å². The Labute approximate surface area is 99.1 Å². The molecule has 0 atom stereocenters. The van der Waals surface area contributed by atoms with E-state index in [2.05, 4.69) is 4.98 Å². The summed E-state index contributed by atoms with van der Waals surface area (Å²) in [5.41, 5.74) is 1.36. The summed E-state index contributed by atoms with van der Waals surface area (Å²) in [4.78, 5) is 17.7. The van der Waals surface area contributed by atoms with Crippen molar-refractivity contribution in [3.8, 4) is 6.07 Å². The van der Waals surface area contributed by atoms with Gasteiger partial charge in [0.1, 0.15) is 6.54 Å². The lowest BCUT2D eigenvalue weighted by Gasteiger charge is -2.14. The van der Waals surface area contributed by atoms with Crippen LogP contribution < -0.4 is 0 Å². The molecule has 0 unspecified atom stereocenters. The van der Waals surface area contributed by atoms with E-state index in [4.69, 9.17) is 5.26 Å². The fourth-order valence-electron chi connectivity index (χ4n) is 1.67. The molecule has 1 aromatic carbocycles. The summed E-state index contributed by atoms with van der Waals surface area (Å²) >= 11 is 0. The van der Waals surface area contributed by atoms with Gasteiger partial charge in [0, 0.05) is 18.6 Å². The third-order valence-corrected chi connectivity index (χ3v) is 2.53. The molecule has 4 heteroatoms. The highest BCUT2D eigenvalue weighted by atomic mass is 16.2. The molecule has 2 aromatic rings. The van der Waals surface area contributed by atoms with Crippen LogP contribution in [0.25, 0.3) is 10.9 Å². The van der Waals surface area contributed by atoms with E-state index >= 15 is 0 Å². The van der Waals surface area contributed by atoms with Gasteiger partial charge in [-0.15, -0.1) is 0 Å². The standard InChI is InChI=1S/C13H11N3O/c1-16(9-7-14)13(17)11-6-8-15-12-5-3-2-4-10(11)12/h2-6,8H,9H2,1H3. The number of nitrogens with zero attached hydrogens (tertiary/aromatic N) is 3. The maximum Gasteiger partial charge on any atom is 0.255 e. The predicted molar refractivity (Wildman–Crippen MR) is 64.3 cm³/mol. The third kappa shape index (κ3) is 2.08. The van der Waals surface area contributed by atoms with Crippen molar-refractivity contribution in [1.29, 1.82) is 5.26 Å². The van der Waals surface area contributed by atoms with Gasteiger partial charge in [0.15, 0.2) is 0 Å². The van der Waals surface area contributed by atoms with Gasteiger partial charge in [-0.1, -0.05) is 18.2 Å². The van der Waals surface area contributed by atoms with Crippen LogP contribution in [0.1, 0.15) is 10.4 Å². The van der Waals surface area contributed by atoms with Crippen LogP contribution in [0.3, 0.4) is 0 Å². The summed E-state index contributed by atoms with van der Waals surface area (Å²) in [5.74, 6) is -0.162. The molecule has 0 saturated heterocycles. The lowest BCUT2D eigenvalue weighted by Crippen LogP contribution is -2.27. The number of fused-ring (bicyclic) bond motifs is 1. The molecule has 4 nitrogen and oxygen atoms in total. The number of pyridine rings is 1. The largest absolute Gasteiger partial charge is 0.328 e. The summed E-state index contributed by atoms with van der Waals surface area (Å²) < 4.78 is 0. The monoisotopic (exact) mass is 225 g/mol. The quantitative estimate of drug-likeness (QED) is 0.732. The van der Waals surface area contributed by atoms with Crippen molar-refractivity contribution in [1.82, 2.24) is 9.88 Å². The van der Waals surface area contributed by atoms with Crippen LogP contribution in [-0.4, -0.2) is 29.4 Å². The molecule has 0 aliphatic heterocycles. The van der Waals surface area contributed by atoms with Crippen LogP contribution >= 0.6 is 0 Å². The molecule has 0 N–H and O–H groups in total. The maximum atomic E-state index is 12.1. The van der Waals surface area contributed by atoms with Crippen molar-refractivity contribution in [2.45, 2.75) is 0 Å². The Morgan fingerprint density at radius 2 is 2.18 bits per heavy atom. The fraction of sp³-hybridized carbons (Fsp3) is 0.154. The van der Waals surface area contributed by atoms with E-state index in [1.807, 2.05) is 30.3 Å². The third-order valence-electron chi connectivity index (χ3n) is 2.53. The molecule has 1 heterocycles. The highest BCUT2D eigenvalue weighted by molar-refractivity contribution is 6.05. The van der Waals surface area contributed by atoms with Crippen molar-refractivity contribution in [3.05, 3.63) is 42.1 Å². The average Bonchev–Trinajstić information content (AvgIpc) is 2.37. The van der Waals surface area contributed by atoms with Crippen molar-refractivity contribution < 1.29 is 4.79 Å². The predicted octanol–water partition coefficient (Wildman–Crippen LogP) is 1.83. The van der Waals surface area contributed by atoms with Crippen LogP contribution in [0.4, 0.5) is 0 Å². The second-order valence-corrected chi connectivity index (χ2v) is 3.69. The molecule has 0 aliphatic rings. The Morgan fingerprint density at radius 1 is 1.41 bits per heavy atom. The van der Waals surface area contributed by atoms with E-state index in [-0.39, 0.29) is 12.5 Å². The number of nitriles is 1. The van der Waals surface area contributed by atoms with Gasteiger partial charge in [-0.3, -0.25) is 9.78 Å². The number of amides is 1. The molecule has 0 bridgehead atoms. The Hall–Kier alpha value is -2.41. The Bertz CT molecular complexity index is 596. The first kappa shape index (κ1) is 11.1. The van der Waals surface area contributed by atoms with Gasteiger partial charge in [0.05, 0.1) is 17.1 Å². The van der Waals surface area contributed by atoms with Gasteiger partial charge in [-0.05, 0) is 12.1 Å². The Kier molecular flexibility index (Phi) is 3.01. The minimum absolute atomic E-state index is 0.0789. The highest BCUT2D eigenvalue weighted by Crippen LogP contribution is 2.17. The molecule has 0 radical (unpaired) electrons. The zero-order chi connectivity index (χ0) is 12.3. The van der Waals surface area contributed by atoms with Crippen molar-refractivity contribution in [2.24, 2.45) is 0 Å². The summed E-state index contributed by atoms with van der Waals surface area (Å²) in [5, 5.41) is 9.40. The fourth-order valence-corrected chi connectivity index (χ4v) is 1.67. The van der Waals surface area contributed by atoms with Gasteiger partial charge in [0.25, 0.3) is 5.91 Å². The number of carbonyl (C=O) groups excluding carboxylic acids is 1. The van der Waals surface area contributed by atoms with E-state index in [0.717, 1.165) is 10.9 Å². The summed E-state index contributed by atoms with van der Waals surface area (Å²) in [6.45, 7) is 0.0789. The van der Waals surface area contributed by atoms with Crippen molar-refractivity contribution in [3.63, 3.8) is 0 Å². The Morgan fingerprint density at radius 3 is 2.94 bits per heavy atom. The minimum atomic E-state index is -0.162. The first-order valence-electron chi connectivity index (χ1n) is 5.20. The first-order valence-corrected chi connectivity index (χ1v) is 5.20.